The maximum Gasteiger partial charge on any atom is 0.333 e. The van der Waals surface area contributed by atoms with E-state index in [2.05, 4.69) is 20.3 Å². The van der Waals surface area contributed by atoms with Crippen LogP contribution in [0.15, 0.2) is 30.7 Å². The SMILES string of the molecule is Cc1sc(C(=O)c2cncnc2N[C@@H]2C[C@H](CNS(=O)(=O)O)[C@@H](O)C2)cc1[C@@H]1OCC(F)(F)c2ccc(Cl)nc21. The number of fused-ring (bicyclic) bond motifs is 1. The van der Waals surface area contributed by atoms with E-state index < -0.39 is 46.7 Å². The van der Waals surface area contributed by atoms with Crippen LogP contribution in [0.3, 0.4) is 0 Å². The molecule has 0 aromatic carbocycles. The predicted molar refractivity (Wildman–Crippen MR) is 141 cm³/mol. The van der Waals surface area contributed by atoms with Crippen molar-refractivity contribution >= 4 is 44.8 Å². The molecule has 16 heteroatoms. The van der Waals surface area contributed by atoms with Gasteiger partial charge in [-0.25, -0.2) is 15.0 Å². The summed E-state index contributed by atoms with van der Waals surface area (Å²) in [7, 11) is -4.40. The molecule has 1 saturated carbocycles. The molecule has 40 heavy (non-hydrogen) atoms. The number of alkyl halides is 2. The summed E-state index contributed by atoms with van der Waals surface area (Å²) in [6.07, 6.45) is 1.43. The zero-order chi connectivity index (χ0) is 28.8. The highest BCUT2D eigenvalue weighted by molar-refractivity contribution is 7.83. The van der Waals surface area contributed by atoms with Gasteiger partial charge in [0.25, 0.3) is 5.92 Å². The maximum atomic E-state index is 14.5. The zero-order valence-corrected chi connectivity index (χ0v) is 23.2. The molecule has 3 aromatic rings. The van der Waals surface area contributed by atoms with Gasteiger partial charge < -0.3 is 15.2 Å². The highest BCUT2D eigenvalue weighted by Gasteiger charge is 2.44. The van der Waals surface area contributed by atoms with E-state index in [-0.39, 0.29) is 46.8 Å². The molecule has 0 spiro atoms. The number of hydrogen-bond acceptors (Lipinski definition) is 10. The van der Waals surface area contributed by atoms with Gasteiger partial charge in [0, 0.05) is 40.7 Å². The second-order valence-electron chi connectivity index (χ2n) is 9.66. The Labute approximate surface area is 236 Å². The topological polar surface area (TPSA) is 164 Å². The van der Waals surface area contributed by atoms with Gasteiger partial charge in [-0.15, -0.1) is 11.3 Å². The van der Waals surface area contributed by atoms with Gasteiger partial charge in [-0.2, -0.15) is 21.9 Å². The number of hydrogen-bond donors (Lipinski definition) is 4. The number of thiophene rings is 1. The summed E-state index contributed by atoms with van der Waals surface area (Å²) in [6.45, 7) is 0.753. The number of aryl methyl sites for hydroxylation is 1. The van der Waals surface area contributed by atoms with Crippen molar-refractivity contribution in [3.8, 4) is 0 Å². The van der Waals surface area contributed by atoms with Gasteiger partial charge in [0.05, 0.1) is 22.2 Å². The van der Waals surface area contributed by atoms with Crippen molar-refractivity contribution in [2.75, 3.05) is 18.5 Å². The number of nitrogens with zero attached hydrogens (tertiary/aromatic N) is 3. The molecule has 1 aliphatic heterocycles. The molecule has 0 radical (unpaired) electrons. The number of carbonyl (C=O) groups is 1. The Kier molecular flexibility index (Phi) is 7.91. The van der Waals surface area contributed by atoms with Crippen molar-refractivity contribution in [1.29, 1.82) is 0 Å². The lowest BCUT2D eigenvalue weighted by atomic mass is 9.95. The van der Waals surface area contributed by atoms with Crippen molar-refractivity contribution in [2.45, 2.75) is 43.9 Å². The van der Waals surface area contributed by atoms with E-state index in [0.717, 1.165) is 11.3 Å². The van der Waals surface area contributed by atoms with Gasteiger partial charge in [0.15, 0.2) is 0 Å². The Hall–Kier alpha value is -2.66. The molecule has 1 aliphatic carbocycles. The lowest BCUT2D eigenvalue weighted by Crippen LogP contribution is -2.32. The van der Waals surface area contributed by atoms with Gasteiger partial charge in [0.2, 0.25) is 5.78 Å². The third-order valence-electron chi connectivity index (χ3n) is 6.91. The van der Waals surface area contributed by atoms with Crippen molar-refractivity contribution in [2.24, 2.45) is 5.92 Å². The van der Waals surface area contributed by atoms with Crippen molar-refractivity contribution < 1.29 is 36.4 Å². The number of carbonyl (C=O) groups excluding carboxylic acids is 1. The van der Waals surface area contributed by atoms with Gasteiger partial charge >= 0.3 is 10.3 Å². The van der Waals surface area contributed by atoms with E-state index in [0.29, 0.717) is 21.7 Å². The molecule has 3 aromatic heterocycles. The van der Waals surface area contributed by atoms with Crippen LogP contribution in [0, 0.1) is 12.8 Å². The van der Waals surface area contributed by atoms with Crippen LogP contribution in [-0.2, 0) is 21.0 Å². The Bertz CT molecular complexity index is 1560. The van der Waals surface area contributed by atoms with Crippen LogP contribution in [0.2, 0.25) is 5.15 Å². The fourth-order valence-electron chi connectivity index (χ4n) is 5.00. The van der Waals surface area contributed by atoms with Crippen LogP contribution >= 0.6 is 22.9 Å². The van der Waals surface area contributed by atoms with Crippen molar-refractivity contribution in [3.63, 3.8) is 0 Å². The molecule has 11 nitrogen and oxygen atoms in total. The third kappa shape index (κ3) is 6.00. The monoisotopic (exact) mass is 615 g/mol. The average molecular weight is 616 g/mol. The third-order valence-corrected chi connectivity index (χ3v) is 8.72. The first-order chi connectivity index (χ1) is 18.8. The Balaban J connectivity index is 1.37. The zero-order valence-electron chi connectivity index (χ0n) is 20.8. The number of aliphatic hydroxyl groups is 1. The number of anilines is 1. The van der Waals surface area contributed by atoms with Crippen LogP contribution in [0.1, 0.15) is 55.9 Å². The molecule has 0 bridgehead atoms. The average Bonchev–Trinajstić information content (AvgIpc) is 3.43. The van der Waals surface area contributed by atoms with E-state index in [4.69, 9.17) is 20.9 Å². The number of pyridine rings is 1. The standard InChI is InChI=1S/C24H24ClF2N5O6S2/c1-11-14(22-20-16(2-3-19(25)32-20)24(26,27)9-38-22)6-18(39-11)21(34)15-8-28-10-29-23(15)31-13-4-12(17(33)5-13)7-30-40(35,36)37/h2-3,6,8,10,12-13,17,22,30,33H,4-5,7,9H2,1H3,(H,28,29,31)(H,35,36,37)/t12-,13-,17+,22+/m1/s1. The lowest BCUT2D eigenvalue weighted by Gasteiger charge is -2.30. The van der Waals surface area contributed by atoms with E-state index in [1.807, 2.05) is 4.72 Å². The smallest absolute Gasteiger partial charge is 0.333 e. The minimum atomic E-state index is -4.40. The summed E-state index contributed by atoms with van der Waals surface area (Å²) in [4.78, 5) is 26.8. The Morgan fingerprint density at radius 1 is 1.32 bits per heavy atom. The van der Waals surface area contributed by atoms with Crippen LogP contribution < -0.4 is 10.0 Å². The van der Waals surface area contributed by atoms with Crippen LogP contribution in [0.25, 0.3) is 0 Å². The summed E-state index contributed by atoms with van der Waals surface area (Å²) in [6, 6.07) is 3.77. The van der Waals surface area contributed by atoms with E-state index in [1.54, 1.807) is 13.0 Å². The first-order valence-electron chi connectivity index (χ1n) is 12.1. The second kappa shape index (κ2) is 11.0. The Morgan fingerprint density at radius 2 is 2.10 bits per heavy atom. The fraction of sp³-hybridized carbons (Fsp3) is 0.417. The predicted octanol–water partition coefficient (Wildman–Crippen LogP) is 3.28. The highest BCUT2D eigenvalue weighted by Crippen LogP contribution is 2.44. The molecule has 4 heterocycles. The van der Waals surface area contributed by atoms with Gasteiger partial charge in [0.1, 0.15) is 30.0 Å². The largest absolute Gasteiger partial charge is 0.393 e. The van der Waals surface area contributed by atoms with Crippen LogP contribution in [0.4, 0.5) is 14.6 Å². The number of rotatable bonds is 8. The minimum absolute atomic E-state index is 0.00752. The van der Waals surface area contributed by atoms with E-state index in [1.165, 1.54) is 24.7 Å². The van der Waals surface area contributed by atoms with Crippen molar-refractivity contribution in [3.05, 3.63) is 68.0 Å². The molecule has 5 rings (SSSR count). The number of nitrogens with one attached hydrogen (secondary N) is 2. The number of aromatic nitrogens is 3. The van der Waals surface area contributed by atoms with Crippen LogP contribution in [0.5, 0.6) is 0 Å². The fourth-order valence-corrected chi connectivity index (χ4v) is 6.58. The molecule has 1 fully saturated rings. The normalized spacial score (nSPS) is 24.1. The summed E-state index contributed by atoms with van der Waals surface area (Å²) in [5.74, 6) is -3.88. The number of ether oxygens (including phenoxy) is 1. The van der Waals surface area contributed by atoms with E-state index in [9.17, 15) is 27.1 Å². The van der Waals surface area contributed by atoms with Crippen molar-refractivity contribution in [1.82, 2.24) is 19.7 Å². The molecule has 2 aliphatic rings. The molecule has 214 valence electrons. The first-order valence-corrected chi connectivity index (χ1v) is 14.7. The molecular formula is C24H24ClF2N5O6S2. The van der Waals surface area contributed by atoms with Crippen LogP contribution in [-0.4, -0.2) is 64.1 Å². The molecule has 0 unspecified atom stereocenters. The number of aliphatic hydroxyl groups excluding tert-OH is 1. The number of halogens is 3. The summed E-state index contributed by atoms with van der Waals surface area (Å²) < 4.78 is 67.4. The number of ketones is 1. The molecule has 0 amide bonds. The summed E-state index contributed by atoms with van der Waals surface area (Å²) >= 11 is 7.16. The minimum Gasteiger partial charge on any atom is -0.393 e. The maximum absolute atomic E-state index is 14.5. The quantitative estimate of drug-likeness (QED) is 0.168. The highest BCUT2D eigenvalue weighted by atomic mass is 35.5. The first kappa shape index (κ1) is 28.9. The van der Waals surface area contributed by atoms with E-state index >= 15 is 0 Å². The second-order valence-corrected chi connectivity index (χ2v) is 12.5. The van der Waals surface area contributed by atoms with Gasteiger partial charge in [-0.05, 0) is 38.0 Å². The Morgan fingerprint density at radius 3 is 2.85 bits per heavy atom. The molecular weight excluding hydrogens is 592 g/mol. The van der Waals surface area contributed by atoms with Gasteiger partial charge in [-0.3, -0.25) is 9.35 Å². The molecule has 4 atom stereocenters. The lowest BCUT2D eigenvalue weighted by molar-refractivity contribution is -0.117. The summed E-state index contributed by atoms with van der Waals surface area (Å²) in [5, 5.41) is 13.5. The molecule has 4 N–H and O–H groups in total. The molecule has 0 saturated heterocycles. The van der Waals surface area contributed by atoms with Gasteiger partial charge in [-0.1, -0.05) is 11.6 Å². The summed E-state index contributed by atoms with van der Waals surface area (Å²) in [5.41, 5.74) is 0.381.